The molecular weight excluding hydrogens is 352 g/mol. The molecule has 0 radical (unpaired) electrons. The van der Waals surface area contributed by atoms with Crippen LogP contribution in [0.3, 0.4) is 0 Å². The molecule has 1 aliphatic rings. The molecule has 1 saturated heterocycles. The van der Waals surface area contributed by atoms with E-state index in [0.29, 0.717) is 31.1 Å². The molecule has 1 atom stereocenters. The molecule has 0 aliphatic carbocycles. The van der Waals surface area contributed by atoms with Crippen LogP contribution in [0, 0.1) is 0 Å². The summed E-state index contributed by atoms with van der Waals surface area (Å²) in [7, 11) is 1.80. The second-order valence-corrected chi connectivity index (χ2v) is 7.28. The monoisotopic (exact) mass is 374 g/mol. The van der Waals surface area contributed by atoms with Crippen molar-refractivity contribution in [2.24, 2.45) is 0 Å². The Kier molecular flexibility index (Phi) is 5.41. The number of anilines is 1. The fraction of sp³-hybridized carbons (Fsp3) is 0.389. The summed E-state index contributed by atoms with van der Waals surface area (Å²) in [5.74, 6) is -0.0609. The molecule has 1 aromatic heterocycles. The van der Waals surface area contributed by atoms with Crippen LogP contribution in [0.15, 0.2) is 36.5 Å². The van der Waals surface area contributed by atoms with Crippen molar-refractivity contribution in [3.63, 3.8) is 0 Å². The lowest BCUT2D eigenvalue weighted by molar-refractivity contribution is 0.0747. The molecule has 0 spiro atoms. The van der Waals surface area contributed by atoms with E-state index in [0.717, 1.165) is 10.7 Å². The zero-order valence-electron chi connectivity index (χ0n) is 14.8. The predicted molar refractivity (Wildman–Crippen MR) is 101 cm³/mol. The molecule has 1 fully saturated rings. The fourth-order valence-electron chi connectivity index (χ4n) is 2.90. The SMILES string of the molecule is C[C@H](c1ccccc1)N(C)C(=O)c1cnc(N2CCN(C(=O)O)CC2)s1. The first kappa shape index (κ1) is 18.2. The summed E-state index contributed by atoms with van der Waals surface area (Å²) in [5.41, 5.74) is 1.08. The molecule has 3 rings (SSSR count). The summed E-state index contributed by atoms with van der Waals surface area (Å²) >= 11 is 1.36. The highest BCUT2D eigenvalue weighted by molar-refractivity contribution is 7.17. The van der Waals surface area contributed by atoms with Gasteiger partial charge in [0.1, 0.15) is 4.88 Å². The number of aromatic nitrogens is 1. The van der Waals surface area contributed by atoms with Crippen molar-refractivity contribution < 1.29 is 14.7 Å². The van der Waals surface area contributed by atoms with Gasteiger partial charge in [0.2, 0.25) is 0 Å². The van der Waals surface area contributed by atoms with Crippen molar-refractivity contribution in [1.29, 1.82) is 0 Å². The van der Waals surface area contributed by atoms with Gasteiger partial charge in [-0.1, -0.05) is 41.7 Å². The van der Waals surface area contributed by atoms with Crippen LogP contribution in [0.4, 0.5) is 9.93 Å². The molecule has 138 valence electrons. The molecule has 1 aliphatic heterocycles. The van der Waals surface area contributed by atoms with Crippen LogP contribution >= 0.6 is 11.3 Å². The molecule has 1 N–H and O–H groups in total. The Balaban J connectivity index is 1.66. The van der Waals surface area contributed by atoms with Gasteiger partial charge in [0, 0.05) is 33.2 Å². The Labute approximate surface area is 156 Å². The zero-order valence-corrected chi connectivity index (χ0v) is 15.6. The van der Waals surface area contributed by atoms with Gasteiger partial charge >= 0.3 is 6.09 Å². The van der Waals surface area contributed by atoms with Gasteiger partial charge in [-0.05, 0) is 12.5 Å². The Bertz CT molecular complexity index is 772. The quantitative estimate of drug-likeness (QED) is 0.890. The molecular formula is C18H22N4O3S. The average Bonchev–Trinajstić information content (AvgIpc) is 3.17. The zero-order chi connectivity index (χ0) is 18.7. The number of nitrogens with zero attached hydrogens (tertiary/aromatic N) is 4. The summed E-state index contributed by atoms with van der Waals surface area (Å²) in [6.07, 6.45) is 0.719. The van der Waals surface area contributed by atoms with E-state index >= 15 is 0 Å². The van der Waals surface area contributed by atoms with Gasteiger partial charge < -0.3 is 19.8 Å². The van der Waals surface area contributed by atoms with Crippen LogP contribution in [-0.4, -0.2) is 65.1 Å². The van der Waals surface area contributed by atoms with Crippen molar-refractivity contribution in [3.05, 3.63) is 47.0 Å². The molecule has 7 nitrogen and oxygen atoms in total. The third kappa shape index (κ3) is 3.80. The molecule has 2 amide bonds. The number of hydrogen-bond acceptors (Lipinski definition) is 5. The van der Waals surface area contributed by atoms with Crippen LogP contribution in [-0.2, 0) is 0 Å². The maximum absolute atomic E-state index is 12.8. The second kappa shape index (κ2) is 7.74. The Hall–Kier alpha value is -2.61. The Morgan fingerprint density at radius 3 is 2.46 bits per heavy atom. The number of carbonyl (C=O) groups is 2. The topological polar surface area (TPSA) is 77.0 Å². The van der Waals surface area contributed by atoms with E-state index in [2.05, 4.69) is 4.98 Å². The number of piperazine rings is 1. The highest BCUT2D eigenvalue weighted by Gasteiger charge is 2.25. The standard InChI is InChI=1S/C18H22N4O3S/c1-13(14-6-4-3-5-7-14)20(2)16(23)15-12-19-17(26-15)21-8-10-22(11-9-21)18(24)25/h3-7,12-13H,8-11H2,1-2H3,(H,24,25)/t13-/m1/s1. The van der Waals surface area contributed by atoms with Crippen molar-refractivity contribution in [3.8, 4) is 0 Å². The van der Waals surface area contributed by atoms with E-state index in [1.807, 2.05) is 42.2 Å². The third-order valence-corrected chi connectivity index (χ3v) is 5.75. The van der Waals surface area contributed by atoms with E-state index in [1.54, 1.807) is 18.1 Å². The lowest BCUT2D eigenvalue weighted by Gasteiger charge is -2.32. The molecule has 26 heavy (non-hydrogen) atoms. The summed E-state index contributed by atoms with van der Waals surface area (Å²) in [6.45, 7) is 4.07. The fourth-order valence-corrected chi connectivity index (χ4v) is 3.85. The highest BCUT2D eigenvalue weighted by atomic mass is 32.1. The molecule has 0 saturated carbocycles. The van der Waals surface area contributed by atoms with Gasteiger partial charge in [0.15, 0.2) is 5.13 Å². The van der Waals surface area contributed by atoms with Gasteiger partial charge in [-0.3, -0.25) is 4.79 Å². The van der Waals surface area contributed by atoms with E-state index in [4.69, 9.17) is 5.11 Å². The minimum atomic E-state index is -0.892. The summed E-state index contributed by atoms with van der Waals surface area (Å²) < 4.78 is 0. The van der Waals surface area contributed by atoms with Crippen molar-refractivity contribution in [1.82, 2.24) is 14.8 Å². The second-order valence-electron chi connectivity index (χ2n) is 6.27. The minimum Gasteiger partial charge on any atom is -0.465 e. The van der Waals surface area contributed by atoms with Crippen LogP contribution in [0.5, 0.6) is 0 Å². The number of hydrogen-bond donors (Lipinski definition) is 1. The van der Waals surface area contributed by atoms with Crippen molar-refractivity contribution in [2.75, 3.05) is 38.1 Å². The molecule has 0 unspecified atom stereocenters. The van der Waals surface area contributed by atoms with E-state index in [9.17, 15) is 9.59 Å². The first-order valence-electron chi connectivity index (χ1n) is 8.48. The maximum Gasteiger partial charge on any atom is 0.407 e. The lowest BCUT2D eigenvalue weighted by atomic mass is 10.1. The number of amides is 2. The van der Waals surface area contributed by atoms with E-state index in [-0.39, 0.29) is 11.9 Å². The van der Waals surface area contributed by atoms with Crippen LogP contribution < -0.4 is 4.90 Å². The number of carboxylic acid groups (broad SMARTS) is 1. The smallest absolute Gasteiger partial charge is 0.407 e. The molecule has 1 aromatic carbocycles. The van der Waals surface area contributed by atoms with E-state index < -0.39 is 6.09 Å². The summed E-state index contributed by atoms with van der Waals surface area (Å²) in [6, 6.07) is 9.87. The molecule has 8 heteroatoms. The van der Waals surface area contributed by atoms with Gasteiger partial charge in [-0.25, -0.2) is 9.78 Å². The molecule has 2 heterocycles. The van der Waals surface area contributed by atoms with Crippen LogP contribution in [0.2, 0.25) is 0 Å². The maximum atomic E-state index is 12.8. The van der Waals surface area contributed by atoms with Crippen molar-refractivity contribution >= 4 is 28.5 Å². The summed E-state index contributed by atoms with van der Waals surface area (Å²) in [5, 5.41) is 9.79. The minimum absolute atomic E-state index is 0.0339. The molecule has 2 aromatic rings. The number of benzene rings is 1. The Morgan fingerprint density at radius 2 is 1.85 bits per heavy atom. The van der Waals surface area contributed by atoms with Crippen LogP contribution in [0.1, 0.15) is 28.2 Å². The van der Waals surface area contributed by atoms with Crippen molar-refractivity contribution in [2.45, 2.75) is 13.0 Å². The normalized spacial score (nSPS) is 15.6. The van der Waals surface area contributed by atoms with Gasteiger partial charge in [0.05, 0.1) is 12.2 Å². The average molecular weight is 374 g/mol. The summed E-state index contributed by atoms with van der Waals surface area (Å²) in [4.78, 5) is 33.9. The Morgan fingerprint density at radius 1 is 1.19 bits per heavy atom. The number of rotatable bonds is 4. The van der Waals surface area contributed by atoms with E-state index in [1.165, 1.54) is 16.2 Å². The first-order valence-corrected chi connectivity index (χ1v) is 9.29. The van der Waals surface area contributed by atoms with Gasteiger partial charge in [-0.15, -0.1) is 0 Å². The van der Waals surface area contributed by atoms with Gasteiger partial charge in [0.25, 0.3) is 5.91 Å². The predicted octanol–water partition coefficient (Wildman–Crippen LogP) is 2.78. The van der Waals surface area contributed by atoms with Gasteiger partial charge in [-0.2, -0.15) is 0 Å². The van der Waals surface area contributed by atoms with Crippen LogP contribution in [0.25, 0.3) is 0 Å². The highest BCUT2D eigenvalue weighted by Crippen LogP contribution is 2.27. The largest absolute Gasteiger partial charge is 0.465 e. The molecule has 0 bridgehead atoms. The number of thiazole rings is 1. The lowest BCUT2D eigenvalue weighted by Crippen LogP contribution is -2.48. The third-order valence-electron chi connectivity index (χ3n) is 4.71. The number of carbonyl (C=O) groups excluding carboxylic acids is 1. The first-order chi connectivity index (χ1) is 12.5.